The van der Waals surface area contributed by atoms with Gasteiger partial charge in [0.25, 0.3) is 0 Å². The molecule has 2 unspecified atom stereocenters. The average molecular weight is 1080 g/mol. The molecule has 2 aliphatic carbocycles. The summed E-state index contributed by atoms with van der Waals surface area (Å²) in [5.41, 5.74) is 0.158. The average Bonchev–Trinajstić information content (AvgIpc) is 3.40. The second-order valence-corrected chi connectivity index (χ2v) is 17.8. The third-order valence-electron chi connectivity index (χ3n) is 11.6. The SMILES string of the molecule is C=C(C)C(=O)OCC(COC)OC(=O)CCC(=O)OCCOC(=O)C1CCC(C(=O)Oc2ccc(OC(=O)C3CCC(C(=O)OCCOC(=O)CCC(=O)OC(COC)COC(=O)C(=C)C)CC3)c(C(=O)OC)c2)CC1. The van der Waals surface area contributed by atoms with Crippen molar-refractivity contribution in [3.05, 3.63) is 48.1 Å². The Morgan fingerprint density at radius 1 is 0.474 bits per heavy atom. The Morgan fingerprint density at radius 3 is 1.22 bits per heavy atom. The van der Waals surface area contributed by atoms with E-state index in [9.17, 15) is 52.7 Å². The second kappa shape index (κ2) is 33.7. The third-order valence-corrected chi connectivity index (χ3v) is 11.6. The van der Waals surface area contributed by atoms with Gasteiger partial charge in [-0.1, -0.05) is 13.2 Å². The molecule has 3 rings (SSSR count). The van der Waals surface area contributed by atoms with Crippen molar-refractivity contribution < 1.29 is 114 Å². The molecule has 0 aromatic heterocycles. The molecule has 0 spiro atoms. The lowest BCUT2D eigenvalue weighted by Gasteiger charge is -2.26. The van der Waals surface area contributed by atoms with Gasteiger partial charge in [0.1, 0.15) is 56.7 Å². The molecule has 24 heteroatoms. The van der Waals surface area contributed by atoms with Crippen molar-refractivity contribution in [3.8, 4) is 11.5 Å². The molecular weight excluding hydrogens is 1010 g/mol. The van der Waals surface area contributed by atoms with Crippen LogP contribution >= 0.6 is 0 Å². The molecule has 0 heterocycles. The number of carbonyl (C=O) groups is 11. The van der Waals surface area contributed by atoms with Gasteiger partial charge in [0.15, 0.2) is 12.2 Å². The van der Waals surface area contributed by atoms with E-state index in [0.717, 1.165) is 7.11 Å². The Labute approximate surface area is 439 Å². The largest absolute Gasteiger partial charge is 0.465 e. The smallest absolute Gasteiger partial charge is 0.341 e. The van der Waals surface area contributed by atoms with Gasteiger partial charge in [0, 0.05) is 25.4 Å². The van der Waals surface area contributed by atoms with E-state index in [1.165, 1.54) is 46.3 Å². The molecular formula is C52H68O24. The zero-order chi connectivity index (χ0) is 56.2. The highest BCUT2D eigenvalue weighted by molar-refractivity contribution is 5.94. The molecule has 76 heavy (non-hydrogen) atoms. The van der Waals surface area contributed by atoms with Crippen LogP contribution in [0.1, 0.15) is 101 Å². The van der Waals surface area contributed by atoms with Crippen molar-refractivity contribution in [3.63, 3.8) is 0 Å². The van der Waals surface area contributed by atoms with Crippen LogP contribution in [0.2, 0.25) is 0 Å². The van der Waals surface area contributed by atoms with Crippen LogP contribution in [0.4, 0.5) is 0 Å². The second-order valence-electron chi connectivity index (χ2n) is 17.8. The van der Waals surface area contributed by atoms with Crippen molar-refractivity contribution in [2.24, 2.45) is 23.7 Å². The Bertz CT molecular complexity index is 2220. The minimum absolute atomic E-state index is 0.0163. The standard InChI is InChI=1S/C52H68O24/c1-31(2)46(57)71-29-38(27-64-5)73-44(55)20-18-42(53)67-22-24-69-48(59)33-8-12-35(13-9-33)50(61)75-37-16-17-41(40(26-37)52(63)66-7)76-51(62)36-14-10-34(11-15-36)49(60)70-25-23-68-43(54)19-21-45(56)74-39(28-65-6)30-72-47(58)32(3)4/h16-17,26,33-36,38-39H,1,3,8-15,18-25,27-30H2,2,4-7H3. The normalized spacial score (nSPS) is 17.6. The van der Waals surface area contributed by atoms with E-state index in [1.807, 2.05) is 0 Å². The minimum Gasteiger partial charge on any atom is -0.465 e. The van der Waals surface area contributed by atoms with E-state index in [1.54, 1.807) is 0 Å². The van der Waals surface area contributed by atoms with Gasteiger partial charge in [0.05, 0.1) is 69.7 Å². The maximum atomic E-state index is 13.2. The number of benzene rings is 1. The van der Waals surface area contributed by atoms with Crippen LogP contribution in [-0.2, 0) is 100 Å². The minimum atomic E-state index is -0.894. The number of rotatable bonds is 31. The lowest BCUT2D eigenvalue weighted by atomic mass is 9.82. The lowest BCUT2D eigenvalue weighted by Crippen LogP contribution is -2.30. The summed E-state index contributed by atoms with van der Waals surface area (Å²) in [7, 11) is 3.87. The first kappa shape index (κ1) is 63.1. The van der Waals surface area contributed by atoms with Crippen LogP contribution < -0.4 is 9.47 Å². The van der Waals surface area contributed by atoms with Crippen LogP contribution in [0.3, 0.4) is 0 Å². The topological polar surface area (TPSA) is 308 Å². The molecule has 24 nitrogen and oxygen atoms in total. The highest BCUT2D eigenvalue weighted by Crippen LogP contribution is 2.34. The van der Waals surface area contributed by atoms with Crippen LogP contribution in [0.5, 0.6) is 11.5 Å². The Hall–Kier alpha value is -7.21. The van der Waals surface area contributed by atoms with Crippen LogP contribution in [0.25, 0.3) is 0 Å². The molecule has 2 aliphatic rings. The molecule has 0 amide bonds. The van der Waals surface area contributed by atoms with Gasteiger partial charge in [-0.15, -0.1) is 0 Å². The van der Waals surface area contributed by atoms with E-state index in [-0.39, 0.29) is 132 Å². The summed E-state index contributed by atoms with van der Waals surface area (Å²) in [6, 6.07) is 3.86. The highest BCUT2D eigenvalue weighted by atomic mass is 16.6. The summed E-state index contributed by atoms with van der Waals surface area (Å²) < 4.78 is 67.0. The Kier molecular flexibility index (Phi) is 27.9. The Balaban J connectivity index is 1.34. The van der Waals surface area contributed by atoms with Gasteiger partial charge in [-0.05, 0) is 83.4 Å². The van der Waals surface area contributed by atoms with Gasteiger partial charge in [-0.25, -0.2) is 14.4 Å². The predicted molar refractivity (Wildman–Crippen MR) is 257 cm³/mol. The van der Waals surface area contributed by atoms with E-state index in [4.69, 9.17) is 61.6 Å². The van der Waals surface area contributed by atoms with Gasteiger partial charge in [0.2, 0.25) is 0 Å². The van der Waals surface area contributed by atoms with Crippen LogP contribution in [0, 0.1) is 23.7 Å². The molecule has 2 fully saturated rings. The zero-order valence-corrected chi connectivity index (χ0v) is 43.6. The maximum Gasteiger partial charge on any atom is 0.341 e. The molecule has 0 aliphatic heterocycles. The number of esters is 11. The van der Waals surface area contributed by atoms with Gasteiger partial charge < -0.3 is 61.6 Å². The van der Waals surface area contributed by atoms with Crippen molar-refractivity contribution in [1.82, 2.24) is 0 Å². The van der Waals surface area contributed by atoms with E-state index in [0.29, 0.717) is 25.7 Å². The van der Waals surface area contributed by atoms with Crippen molar-refractivity contribution >= 4 is 65.7 Å². The number of methoxy groups -OCH3 is 3. The summed E-state index contributed by atoms with van der Waals surface area (Å²) in [4.78, 5) is 137. The fourth-order valence-corrected chi connectivity index (χ4v) is 7.51. The third kappa shape index (κ3) is 23.1. The molecule has 0 N–H and O–H groups in total. The number of hydrogen-bond acceptors (Lipinski definition) is 24. The Morgan fingerprint density at radius 2 is 0.842 bits per heavy atom. The summed E-state index contributed by atoms with van der Waals surface area (Å²) >= 11 is 0. The van der Waals surface area contributed by atoms with Crippen LogP contribution in [0.15, 0.2) is 42.5 Å². The van der Waals surface area contributed by atoms with Crippen molar-refractivity contribution in [1.29, 1.82) is 0 Å². The first-order valence-electron chi connectivity index (χ1n) is 24.6. The highest BCUT2D eigenvalue weighted by Gasteiger charge is 2.35. The summed E-state index contributed by atoms with van der Waals surface area (Å²) in [6.45, 7) is 8.25. The molecule has 420 valence electrons. The maximum absolute atomic E-state index is 13.2. The number of hydrogen-bond donors (Lipinski definition) is 0. The van der Waals surface area contributed by atoms with E-state index < -0.39 is 102 Å². The molecule has 0 bridgehead atoms. The summed E-state index contributed by atoms with van der Waals surface area (Å²) in [5, 5.41) is 0. The van der Waals surface area contributed by atoms with E-state index in [2.05, 4.69) is 13.2 Å². The number of carbonyl (C=O) groups excluding carboxylic acids is 11. The molecule has 2 atom stereocenters. The van der Waals surface area contributed by atoms with Crippen molar-refractivity contribution in [2.45, 2.75) is 103 Å². The summed E-state index contributed by atoms with van der Waals surface area (Å²) in [5.74, 6) is -9.88. The van der Waals surface area contributed by atoms with Crippen LogP contribution in [-0.4, -0.2) is 152 Å². The molecule has 0 radical (unpaired) electrons. The quantitative estimate of drug-likeness (QED) is 0.0334. The van der Waals surface area contributed by atoms with Gasteiger partial charge in [-0.3, -0.25) is 38.4 Å². The summed E-state index contributed by atoms with van der Waals surface area (Å²) in [6.07, 6.45) is -0.751. The fraction of sp³-hybridized carbons (Fsp3) is 0.596. The molecule has 1 aromatic rings. The number of ether oxygens (including phenoxy) is 13. The first-order valence-corrected chi connectivity index (χ1v) is 24.6. The molecule has 0 saturated heterocycles. The zero-order valence-electron chi connectivity index (χ0n) is 43.6. The molecule has 2 saturated carbocycles. The predicted octanol–water partition coefficient (Wildman–Crippen LogP) is 3.99. The van der Waals surface area contributed by atoms with Crippen molar-refractivity contribution in [2.75, 3.05) is 74.2 Å². The van der Waals surface area contributed by atoms with Gasteiger partial charge in [-0.2, -0.15) is 0 Å². The van der Waals surface area contributed by atoms with Gasteiger partial charge >= 0.3 is 65.7 Å². The monoisotopic (exact) mass is 1080 g/mol. The first-order chi connectivity index (χ1) is 36.2. The van der Waals surface area contributed by atoms with E-state index >= 15 is 0 Å². The fourth-order valence-electron chi connectivity index (χ4n) is 7.51. The lowest BCUT2D eigenvalue weighted by molar-refractivity contribution is -0.162. The molecule has 1 aromatic carbocycles.